The molecule has 1 fully saturated rings. The first kappa shape index (κ1) is 14.0. The quantitative estimate of drug-likeness (QED) is 0.745. The minimum atomic E-state index is -0.654. The summed E-state index contributed by atoms with van der Waals surface area (Å²) in [6.45, 7) is 3.45. The standard InChI is InChI=1S/C12H16N4O4/c1-3-20-12(19)9-6(2)15-16(10(9)13)11(18)7-4-5-8(17)14-7/h7H,3-5,13H2,1-2H3,(H,14,17). The SMILES string of the molecule is CCOC(=O)c1c(C)nn(C(=O)C2CCC(=O)N2)c1N. The molecule has 108 valence electrons. The van der Waals surface area contributed by atoms with Crippen LogP contribution in [0.5, 0.6) is 0 Å². The minimum absolute atomic E-state index is 0.0629. The van der Waals surface area contributed by atoms with E-state index in [-0.39, 0.29) is 23.9 Å². The Morgan fingerprint density at radius 1 is 1.55 bits per heavy atom. The molecule has 1 aromatic heterocycles. The van der Waals surface area contributed by atoms with Gasteiger partial charge in [0.15, 0.2) is 0 Å². The van der Waals surface area contributed by atoms with Gasteiger partial charge in [0.1, 0.15) is 17.4 Å². The molecule has 1 aliphatic rings. The molecule has 8 heteroatoms. The normalized spacial score (nSPS) is 17.9. The summed E-state index contributed by atoms with van der Waals surface area (Å²) >= 11 is 0. The number of rotatable bonds is 3. The van der Waals surface area contributed by atoms with Crippen molar-refractivity contribution in [3.8, 4) is 0 Å². The molecule has 0 aliphatic carbocycles. The highest BCUT2D eigenvalue weighted by molar-refractivity contribution is 5.99. The van der Waals surface area contributed by atoms with Gasteiger partial charge >= 0.3 is 5.97 Å². The molecule has 2 rings (SSSR count). The number of carbonyl (C=O) groups excluding carboxylic acids is 3. The molecule has 1 saturated heterocycles. The van der Waals surface area contributed by atoms with Crippen molar-refractivity contribution in [1.82, 2.24) is 15.1 Å². The Labute approximate surface area is 115 Å². The largest absolute Gasteiger partial charge is 0.462 e. The van der Waals surface area contributed by atoms with E-state index in [4.69, 9.17) is 10.5 Å². The number of nitrogen functional groups attached to an aromatic ring is 1. The summed E-state index contributed by atoms with van der Waals surface area (Å²) in [5.74, 6) is -1.31. The summed E-state index contributed by atoms with van der Waals surface area (Å²) in [6.07, 6.45) is 0.687. The molecule has 2 heterocycles. The fraction of sp³-hybridized carbons (Fsp3) is 0.500. The van der Waals surface area contributed by atoms with Crippen LogP contribution in [0.3, 0.4) is 0 Å². The van der Waals surface area contributed by atoms with Crippen molar-refractivity contribution in [2.45, 2.75) is 32.7 Å². The zero-order valence-corrected chi connectivity index (χ0v) is 11.3. The lowest BCUT2D eigenvalue weighted by atomic mass is 10.2. The number of aryl methyl sites for hydroxylation is 1. The van der Waals surface area contributed by atoms with Gasteiger partial charge in [-0.15, -0.1) is 0 Å². The molecule has 1 unspecified atom stereocenters. The molecule has 20 heavy (non-hydrogen) atoms. The molecule has 0 bridgehead atoms. The van der Waals surface area contributed by atoms with Crippen molar-refractivity contribution in [2.24, 2.45) is 0 Å². The number of nitrogens with two attached hydrogens (primary N) is 1. The third-order valence-corrected chi connectivity index (χ3v) is 3.08. The fourth-order valence-corrected chi connectivity index (χ4v) is 2.12. The number of nitrogens with zero attached hydrogens (tertiary/aromatic N) is 2. The van der Waals surface area contributed by atoms with E-state index >= 15 is 0 Å². The number of anilines is 1. The summed E-state index contributed by atoms with van der Waals surface area (Å²) in [5, 5.41) is 6.51. The van der Waals surface area contributed by atoms with Crippen LogP contribution in [0.2, 0.25) is 0 Å². The molecule has 0 spiro atoms. The third-order valence-electron chi connectivity index (χ3n) is 3.08. The van der Waals surface area contributed by atoms with Gasteiger partial charge in [-0.25, -0.2) is 4.79 Å². The molecule has 1 aliphatic heterocycles. The minimum Gasteiger partial charge on any atom is -0.462 e. The fourth-order valence-electron chi connectivity index (χ4n) is 2.12. The Balaban J connectivity index is 2.29. The smallest absolute Gasteiger partial charge is 0.343 e. The van der Waals surface area contributed by atoms with Crippen LogP contribution in [0.4, 0.5) is 5.82 Å². The molecule has 1 amide bonds. The average molecular weight is 280 g/mol. The van der Waals surface area contributed by atoms with E-state index in [1.807, 2.05) is 0 Å². The van der Waals surface area contributed by atoms with Gasteiger partial charge in [0, 0.05) is 6.42 Å². The van der Waals surface area contributed by atoms with E-state index in [9.17, 15) is 14.4 Å². The lowest BCUT2D eigenvalue weighted by Crippen LogP contribution is -2.37. The van der Waals surface area contributed by atoms with E-state index < -0.39 is 17.9 Å². The maximum atomic E-state index is 12.2. The van der Waals surface area contributed by atoms with Crippen LogP contribution in [0.25, 0.3) is 0 Å². The van der Waals surface area contributed by atoms with Gasteiger partial charge in [-0.05, 0) is 20.3 Å². The van der Waals surface area contributed by atoms with Crippen molar-refractivity contribution in [3.05, 3.63) is 11.3 Å². The highest BCUT2D eigenvalue weighted by Crippen LogP contribution is 2.19. The predicted molar refractivity (Wildman–Crippen MR) is 69.1 cm³/mol. The number of carbonyl (C=O) groups is 3. The Bertz CT molecular complexity index is 578. The Kier molecular flexibility index (Phi) is 3.73. The summed E-state index contributed by atoms with van der Waals surface area (Å²) in [5.41, 5.74) is 6.21. The first-order chi connectivity index (χ1) is 9.45. The molecular weight excluding hydrogens is 264 g/mol. The van der Waals surface area contributed by atoms with Crippen molar-refractivity contribution < 1.29 is 19.1 Å². The van der Waals surface area contributed by atoms with E-state index in [0.29, 0.717) is 18.5 Å². The van der Waals surface area contributed by atoms with Crippen molar-refractivity contribution in [2.75, 3.05) is 12.3 Å². The highest BCUT2D eigenvalue weighted by Gasteiger charge is 2.32. The second kappa shape index (κ2) is 5.32. The second-order valence-corrected chi connectivity index (χ2v) is 4.47. The first-order valence-electron chi connectivity index (χ1n) is 6.31. The van der Waals surface area contributed by atoms with Crippen LogP contribution >= 0.6 is 0 Å². The summed E-state index contributed by atoms with van der Waals surface area (Å²) in [7, 11) is 0. The highest BCUT2D eigenvalue weighted by atomic mass is 16.5. The van der Waals surface area contributed by atoms with Gasteiger partial charge in [0.2, 0.25) is 5.91 Å². The van der Waals surface area contributed by atoms with Crippen LogP contribution in [-0.2, 0) is 9.53 Å². The van der Waals surface area contributed by atoms with Crippen LogP contribution in [0, 0.1) is 6.92 Å². The molecular formula is C12H16N4O4. The molecule has 1 atom stereocenters. The van der Waals surface area contributed by atoms with E-state index in [0.717, 1.165) is 4.68 Å². The first-order valence-corrected chi connectivity index (χ1v) is 6.31. The number of hydrogen-bond acceptors (Lipinski definition) is 6. The number of aromatic nitrogens is 2. The van der Waals surface area contributed by atoms with Crippen molar-refractivity contribution in [1.29, 1.82) is 0 Å². The molecule has 8 nitrogen and oxygen atoms in total. The van der Waals surface area contributed by atoms with E-state index in [1.165, 1.54) is 0 Å². The molecule has 3 N–H and O–H groups in total. The molecule has 1 aromatic rings. The Morgan fingerprint density at radius 3 is 2.80 bits per heavy atom. The van der Waals surface area contributed by atoms with Crippen LogP contribution in [0.1, 0.15) is 40.6 Å². The van der Waals surface area contributed by atoms with Gasteiger partial charge < -0.3 is 15.8 Å². The number of nitrogens with one attached hydrogen (secondary N) is 1. The Morgan fingerprint density at radius 2 is 2.25 bits per heavy atom. The van der Waals surface area contributed by atoms with Gasteiger partial charge in [-0.2, -0.15) is 9.78 Å². The van der Waals surface area contributed by atoms with Crippen molar-refractivity contribution >= 4 is 23.6 Å². The van der Waals surface area contributed by atoms with Gasteiger partial charge in [0.05, 0.1) is 12.3 Å². The predicted octanol–water partition coefficient (Wildman–Crippen LogP) is -0.131. The van der Waals surface area contributed by atoms with Crippen LogP contribution in [-0.4, -0.2) is 40.2 Å². The molecule has 0 radical (unpaired) electrons. The van der Waals surface area contributed by atoms with Crippen LogP contribution < -0.4 is 11.1 Å². The molecule has 0 aromatic carbocycles. The second-order valence-electron chi connectivity index (χ2n) is 4.47. The maximum Gasteiger partial charge on any atom is 0.343 e. The summed E-state index contributed by atoms with van der Waals surface area (Å²) in [4.78, 5) is 35.1. The number of ether oxygens (including phenoxy) is 1. The number of esters is 1. The van der Waals surface area contributed by atoms with Crippen molar-refractivity contribution in [3.63, 3.8) is 0 Å². The van der Waals surface area contributed by atoms with E-state index in [1.54, 1.807) is 13.8 Å². The summed E-state index contributed by atoms with van der Waals surface area (Å²) < 4.78 is 5.83. The lowest BCUT2D eigenvalue weighted by Gasteiger charge is -2.09. The number of hydrogen-bond donors (Lipinski definition) is 2. The lowest BCUT2D eigenvalue weighted by molar-refractivity contribution is -0.119. The summed E-state index contributed by atoms with van der Waals surface area (Å²) in [6, 6.07) is -0.654. The van der Waals surface area contributed by atoms with E-state index in [2.05, 4.69) is 10.4 Å². The van der Waals surface area contributed by atoms with Crippen LogP contribution in [0.15, 0.2) is 0 Å². The van der Waals surface area contributed by atoms with Gasteiger partial charge in [0.25, 0.3) is 5.91 Å². The third kappa shape index (κ3) is 2.36. The molecule has 0 saturated carbocycles. The average Bonchev–Trinajstić information content (AvgIpc) is 2.93. The zero-order chi connectivity index (χ0) is 14.9. The van der Waals surface area contributed by atoms with Gasteiger partial charge in [-0.3, -0.25) is 9.59 Å². The topological polar surface area (TPSA) is 116 Å². The Hall–Kier alpha value is -2.38. The monoisotopic (exact) mass is 280 g/mol. The van der Waals surface area contributed by atoms with Gasteiger partial charge in [-0.1, -0.05) is 0 Å². The number of amides is 1. The zero-order valence-electron chi connectivity index (χ0n) is 11.3. The maximum absolute atomic E-state index is 12.2.